The van der Waals surface area contributed by atoms with Gasteiger partial charge in [0.2, 0.25) is 0 Å². The lowest BCUT2D eigenvalue weighted by molar-refractivity contribution is 0.0603. The molecule has 5 heteroatoms. The lowest BCUT2D eigenvalue weighted by atomic mass is 10.1. The van der Waals surface area contributed by atoms with Crippen molar-refractivity contribution in [2.24, 2.45) is 0 Å². The zero-order chi connectivity index (χ0) is 17.1. The second kappa shape index (κ2) is 6.81. The first-order valence-corrected chi connectivity index (χ1v) is 7.83. The summed E-state index contributed by atoms with van der Waals surface area (Å²) in [6.45, 7) is 0.162. The van der Waals surface area contributed by atoms with Gasteiger partial charge in [-0.2, -0.15) is 5.26 Å². The van der Waals surface area contributed by atoms with E-state index < -0.39 is 6.10 Å². The number of hydrogen-bond acceptors (Lipinski definition) is 3. The monoisotopic (exact) mass is 324 g/mol. The largest absolute Gasteiger partial charge is 0.387 e. The molecule has 1 fully saturated rings. The molecule has 1 aliphatic rings. The molecule has 4 nitrogen and oxygen atoms in total. The zero-order valence-electron chi connectivity index (χ0n) is 13.0. The molecule has 2 aromatic rings. The molecule has 1 atom stereocenters. The van der Waals surface area contributed by atoms with Crippen LogP contribution in [-0.4, -0.2) is 28.5 Å². The van der Waals surface area contributed by atoms with Crippen molar-refractivity contribution in [3.63, 3.8) is 0 Å². The molecule has 1 unspecified atom stereocenters. The van der Waals surface area contributed by atoms with Gasteiger partial charge in [0.15, 0.2) is 0 Å². The molecule has 0 saturated heterocycles. The Kier molecular flexibility index (Phi) is 4.59. The summed E-state index contributed by atoms with van der Waals surface area (Å²) in [5.74, 6) is -0.526. The van der Waals surface area contributed by atoms with Crippen molar-refractivity contribution in [1.29, 1.82) is 5.26 Å². The standard InChI is InChI=1S/C19H17FN2O2/c20-16-7-5-14(6-8-16)18(23)12-22(17-9-10-17)19(24)15-3-1-13(11-21)2-4-15/h1-8,17-18,23H,9-10,12H2. The molecule has 0 bridgehead atoms. The van der Waals surface area contributed by atoms with Gasteiger partial charge in [0, 0.05) is 11.6 Å². The Morgan fingerprint density at radius 3 is 2.38 bits per heavy atom. The first kappa shape index (κ1) is 16.2. The van der Waals surface area contributed by atoms with E-state index in [0.29, 0.717) is 16.7 Å². The Bertz CT molecular complexity index is 761. The van der Waals surface area contributed by atoms with Crippen LogP contribution in [-0.2, 0) is 0 Å². The quantitative estimate of drug-likeness (QED) is 0.919. The fourth-order valence-corrected chi connectivity index (χ4v) is 2.61. The van der Waals surface area contributed by atoms with E-state index in [-0.39, 0.29) is 24.3 Å². The normalized spacial score (nSPS) is 14.7. The molecule has 0 spiro atoms. The number of hydrogen-bond donors (Lipinski definition) is 1. The second-order valence-corrected chi connectivity index (χ2v) is 5.95. The van der Waals surface area contributed by atoms with Gasteiger partial charge in [-0.15, -0.1) is 0 Å². The molecule has 0 aromatic heterocycles. The molecule has 2 aromatic carbocycles. The molecular weight excluding hydrogens is 307 g/mol. The minimum atomic E-state index is -0.867. The SMILES string of the molecule is N#Cc1ccc(C(=O)N(CC(O)c2ccc(F)cc2)C2CC2)cc1. The highest BCUT2D eigenvalue weighted by Crippen LogP contribution is 2.30. The average molecular weight is 324 g/mol. The van der Waals surface area contributed by atoms with Crippen LogP contribution in [0.2, 0.25) is 0 Å². The van der Waals surface area contributed by atoms with E-state index in [0.717, 1.165) is 12.8 Å². The van der Waals surface area contributed by atoms with E-state index in [1.165, 1.54) is 24.3 Å². The Balaban J connectivity index is 1.75. The molecule has 122 valence electrons. The zero-order valence-corrected chi connectivity index (χ0v) is 13.0. The maximum Gasteiger partial charge on any atom is 0.254 e. The summed E-state index contributed by atoms with van der Waals surface area (Å²) in [7, 11) is 0. The topological polar surface area (TPSA) is 64.3 Å². The first-order chi connectivity index (χ1) is 11.6. The summed E-state index contributed by atoms with van der Waals surface area (Å²) in [6.07, 6.45) is 0.963. The third-order valence-electron chi connectivity index (χ3n) is 4.13. The number of carbonyl (C=O) groups is 1. The van der Waals surface area contributed by atoms with Crippen molar-refractivity contribution in [2.45, 2.75) is 25.0 Å². The van der Waals surface area contributed by atoms with Gasteiger partial charge in [-0.3, -0.25) is 4.79 Å². The van der Waals surface area contributed by atoms with E-state index in [1.807, 2.05) is 6.07 Å². The molecule has 1 amide bonds. The predicted molar refractivity (Wildman–Crippen MR) is 86.6 cm³/mol. The number of nitrogens with zero attached hydrogens (tertiary/aromatic N) is 2. The van der Waals surface area contributed by atoms with Gasteiger partial charge in [0.05, 0.1) is 24.3 Å². The summed E-state index contributed by atoms with van der Waals surface area (Å²) in [6, 6.07) is 14.2. The van der Waals surface area contributed by atoms with Crippen LogP contribution in [0.4, 0.5) is 4.39 Å². The van der Waals surface area contributed by atoms with Crippen LogP contribution in [0.5, 0.6) is 0 Å². The van der Waals surface area contributed by atoms with Gasteiger partial charge in [0.25, 0.3) is 5.91 Å². The Hall–Kier alpha value is -2.71. The number of nitriles is 1. The van der Waals surface area contributed by atoms with Crippen LogP contribution >= 0.6 is 0 Å². The summed E-state index contributed by atoms with van der Waals surface area (Å²) in [4.78, 5) is 14.4. The summed E-state index contributed by atoms with van der Waals surface area (Å²) >= 11 is 0. The maximum absolute atomic E-state index is 13.0. The molecule has 0 aliphatic heterocycles. The number of carbonyl (C=O) groups excluding carboxylic acids is 1. The third-order valence-corrected chi connectivity index (χ3v) is 4.13. The van der Waals surface area contributed by atoms with Crippen LogP contribution < -0.4 is 0 Å². The Morgan fingerprint density at radius 1 is 1.21 bits per heavy atom. The number of halogens is 1. The number of aliphatic hydroxyl groups is 1. The van der Waals surface area contributed by atoms with Crippen LogP contribution in [0, 0.1) is 17.1 Å². The smallest absolute Gasteiger partial charge is 0.254 e. The predicted octanol–water partition coefficient (Wildman–Crippen LogP) is 3.04. The van der Waals surface area contributed by atoms with E-state index in [9.17, 15) is 14.3 Å². The van der Waals surface area contributed by atoms with Crippen molar-refractivity contribution < 1.29 is 14.3 Å². The fraction of sp³-hybridized carbons (Fsp3) is 0.263. The van der Waals surface area contributed by atoms with Crippen molar-refractivity contribution in [2.75, 3.05) is 6.54 Å². The van der Waals surface area contributed by atoms with Crippen LogP contribution in [0.15, 0.2) is 48.5 Å². The lowest BCUT2D eigenvalue weighted by Gasteiger charge is -2.25. The highest BCUT2D eigenvalue weighted by Gasteiger charge is 2.34. The first-order valence-electron chi connectivity index (χ1n) is 7.83. The highest BCUT2D eigenvalue weighted by atomic mass is 19.1. The third kappa shape index (κ3) is 3.61. The second-order valence-electron chi connectivity index (χ2n) is 5.95. The van der Waals surface area contributed by atoms with Crippen molar-refractivity contribution in [3.05, 3.63) is 71.0 Å². The summed E-state index contributed by atoms with van der Waals surface area (Å²) < 4.78 is 13.0. The molecule has 24 heavy (non-hydrogen) atoms. The van der Waals surface area contributed by atoms with Crippen molar-refractivity contribution in [3.8, 4) is 6.07 Å². The summed E-state index contributed by atoms with van der Waals surface area (Å²) in [5, 5.41) is 19.2. The van der Waals surface area contributed by atoms with Crippen molar-refractivity contribution >= 4 is 5.91 Å². The van der Waals surface area contributed by atoms with Crippen LogP contribution in [0.25, 0.3) is 0 Å². The highest BCUT2D eigenvalue weighted by molar-refractivity contribution is 5.94. The van der Waals surface area contributed by atoms with Gasteiger partial charge in [-0.25, -0.2) is 4.39 Å². The lowest BCUT2D eigenvalue weighted by Crippen LogP contribution is -2.36. The van der Waals surface area contributed by atoms with Gasteiger partial charge in [-0.1, -0.05) is 12.1 Å². The molecule has 1 aliphatic carbocycles. The molecular formula is C19H17FN2O2. The van der Waals surface area contributed by atoms with Gasteiger partial charge in [0.1, 0.15) is 5.82 Å². The van der Waals surface area contributed by atoms with E-state index >= 15 is 0 Å². The number of benzene rings is 2. The minimum absolute atomic E-state index is 0.128. The van der Waals surface area contributed by atoms with E-state index in [2.05, 4.69) is 0 Å². The summed E-state index contributed by atoms with van der Waals surface area (Å²) in [5.41, 5.74) is 1.57. The number of rotatable bonds is 5. The number of aliphatic hydroxyl groups excluding tert-OH is 1. The molecule has 3 rings (SSSR count). The van der Waals surface area contributed by atoms with E-state index in [4.69, 9.17) is 5.26 Å². The average Bonchev–Trinajstić information content (AvgIpc) is 3.44. The fourth-order valence-electron chi connectivity index (χ4n) is 2.61. The maximum atomic E-state index is 13.0. The number of amides is 1. The van der Waals surface area contributed by atoms with Gasteiger partial charge in [-0.05, 0) is 54.8 Å². The minimum Gasteiger partial charge on any atom is -0.387 e. The Labute approximate surface area is 139 Å². The van der Waals surface area contributed by atoms with Gasteiger partial charge >= 0.3 is 0 Å². The Morgan fingerprint density at radius 2 is 1.83 bits per heavy atom. The van der Waals surface area contributed by atoms with Gasteiger partial charge < -0.3 is 10.0 Å². The molecule has 0 heterocycles. The van der Waals surface area contributed by atoms with Crippen LogP contribution in [0.1, 0.15) is 40.4 Å². The van der Waals surface area contributed by atoms with Crippen LogP contribution in [0.3, 0.4) is 0 Å². The molecule has 1 N–H and O–H groups in total. The van der Waals surface area contributed by atoms with Crippen molar-refractivity contribution in [1.82, 2.24) is 4.90 Å². The molecule has 0 radical (unpaired) electrons. The van der Waals surface area contributed by atoms with E-state index in [1.54, 1.807) is 29.2 Å². The molecule has 1 saturated carbocycles.